The molecule has 0 radical (unpaired) electrons. The summed E-state index contributed by atoms with van der Waals surface area (Å²) in [5.74, 6) is 0.692. The zero-order valence-electron chi connectivity index (χ0n) is 14.3. The van der Waals surface area contributed by atoms with Gasteiger partial charge in [0.2, 0.25) is 0 Å². The molecule has 1 aromatic heterocycles. The molecule has 3 rings (SSSR count). The topological polar surface area (TPSA) is 74.9 Å². The van der Waals surface area contributed by atoms with Crippen molar-refractivity contribution in [2.75, 3.05) is 39.4 Å². The number of nitrogens with one attached hydrogen (secondary N) is 1. The number of ether oxygens (including phenoxy) is 1. The van der Waals surface area contributed by atoms with Crippen molar-refractivity contribution in [3.8, 4) is 11.3 Å². The number of rotatable bonds is 7. The van der Waals surface area contributed by atoms with Gasteiger partial charge in [0.05, 0.1) is 25.3 Å². The summed E-state index contributed by atoms with van der Waals surface area (Å²) in [5, 5.41) is 12.3. The highest BCUT2D eigenvalue weighted by Gasteiger charge is 2.10. The second-order valence-electron chi connectivity index (χ2n) is 5.78. The van der Waals surface area contributed by atoms with Crippen LogP contribution in [0.5, 0.6) is 0 Å². The van der Waals surface area contributed by atoms with E-state index in [1.54, 1.807) is 24.3 Å². The average Bonchev–Trinajstić information content (AvgIpc) is 3.09. The van der Waals surface area contributed by atoms with Gasteiger partial charge in [0.15, 0.2) is 0 Å². The molecule has 26 heavy (non-hydrogen) atoms. The lowest BCUT2D eigenvalue weighted by atomic mass is 10.1. The summed E-state index contributed by atoms with van der Waals surface area (Å²) in [6.07, 6.45) is 0. The summed E-state index contributed by atoms with van der Waals surface area (Å²) in [7, 11) is 0. The van der Waals surface area contributed by atoms with Crippen molar-refractivity contribution in [1.82, 2.24) is 10.2 Å². The molecular formula is C18H24Cl2N2O4. The number of carboxylic acids is 1. The Bertz CT molecular complexity index is 670. The van der Waals surface area contributed by atoms with Crippen molar-refractivity contribution in [2.45, 2.75) is 6.54 Å². The number of halogens is 2. The highest BCUT2D eigenvalue weighted by atomic mass is 35.5. The van der Waals surface area contributed by atoms with E-state index in [0.717, 1.165) is 56.5 Å². The molecular weight excluding hydrogens is 379 g/mol. The number of benzene rings is 1. The average molecular weight is 403 g/mol. The van der Waals surface area contributed by atoms with Gasteiger partial charge in [0, 0.05) is 31.7 Å². The molecule has 2 aromatic rings. The maximum Gasteiger partial charge on any atom is 0.335 e. The van der Waals surface area contributed by atoms with Gasteiger partial charge < -0.3 is 19.6 Å². The monoisotopic (exact) mass is 402 g/mol. The molecule has 2 N–H and O–H groups in total. The largest absolute Gasteiger partial charge is 0.478 e. The molecule has 0 saturated carbocycles. The number of nitrogens with zero attached hydrogens (tertiary/aromatic N) is 1. The molecule has 1 fully saturated rings. The van der Waals surface area contributed by atoms with Crippen LogP contribution >= 0.6 is 24.8 Å². The SMILES string of the molecule is Cl.Cl.O=C(O)c1ccc(-c2ccc(CNCCN3CCOCC3)o2)cc1. The minimum atomic E-state index is -0.925. The molecule has 0 spiro atoms. The van der Waals surface area contributed by atoms with Crippen molar-refractivity contribution in [1.29, 1.82) is 0 Å². The molecule has 0 unspecified atom stereocenters. The van der Waals surface area contributed by atoms with Crippen LogP contribution in [-0.2, 0) is 11.3 Å². The van der Waals surface area contributed by atoms with E-state index in [-0.39, 0.29) is 30.4 Å². The van der Waals surface area contributed by atoms with Crippen LogP contribution in [0.1, 0.15) is 16.1 Å². The van der Waals surface area contributed by atoms with Crippen molar-refractivity contribution < 1.29 is 19.1 Å². The summed E-state index contributed by atoms with van der Waals surface area (Å²) in [6.45, 7) is 6.23. The van der Waals surface area contributed by atoms with Crippen LogP contribution in [0.4, 0.5) is 0 Å². The number of aromatic carboxylic acids is 1. The Morgan fingerprint density at radius 2 is 1.77 bits per heavy atom. The Morgan fingerprint density at radius 3 is 2.42 bits per heavy atom. The lowest BCUT2D eigenvalue weighted by Gasteiger charge is -2.26. The summed E-state index contributed by atoms with van der Waals surface area (Å²) < 4.78 is 11.1. The maximum atomic E-state index is 10.9. The molecule has 1 aliphatic rings. The van der Waals surface area contributed by atoms with Crippen LogP contribution in [0.25, 0.3) is 11.3 Å². The minimum absolute atomic E-state index is 0. The lowest BCUT2D eigenvalue weighted by molar-refractivity contribution is 0.0383. The smallest absolute Gasteiger partial charge is 0.335 e. The zero-order valence-corrected chi connectivity index (χ0v) is 16.0. The fourth-order valence-corrected chi connectivity index (χ4v) is 2.68. The zero-order chi connectivity index (χ0) is 16.8. The van der Waals surface area contributed by atoms with E-state index in [9.17, 15) is 4.79 Å². The number of morpholine rings is 1. The normalized spacial score (nSPS) is 14.3. The molecule has 0 amide bonds. The highest BCUT2D eigenvalue weighted by Crippen LogP contribution is 2.22. The van der Waals surface area contributed by atoms with Crippen molar-refractivity contribution >= 4 is 30.8 Å². The van der Waals surface area contributed by atoms with E-state index in [1.807, 2.05) is 12.1 Å². The molecule has 144 valence electrons. The number of carbonyl (C=O) groups is 1. The Balaban J connectivity index is 0.00000169. The Hall–Kier alpha value is -1.57. The molecule has 6 nitrogen and oxygen atoms in total. The first kappa shape index (κ1) is 22.5. The van der Waals surface area contributed by atoms with Gasteiger partial charge in [-0.2, -0.15) is 0 Å². The molecule has 2 heterocycles. The summed E-state index contributed by atoms with van der Waals surface area (Å²) in [6, 6.07) is 10.5. The van der Waals surface area contributed by atoms with Gasteiger partial charge in [-0.15, -0.1) is 24.8 Å². The first-order chi connectivity index (χ1) is 11.7. The van der Waals surface area contributed by atoms with E-state index >= 15 is 0 Å². The second-order valence-corrected chi connectivity index (χ2v) is 5.78. The molecule has 1 aliphatic heterocycles. The fraction of sp³-hybridized carbons (Fsp3) is 0.389. The summed E-state index contributed by atoms with van der Waals surface area (Å²) in [5.41, 5.74) is 1.15. The molecule has 0 bridgehead atoms. The van der Waals surface area contributed by atoms with Crippen molar-refractivity contribution in [3.63, 3.8) is 0 Å². The third kappa shape index (κ3) is 6.30. The fourth-order valence-electron chi connectivity index (χ4n) is 2.68. The van der Waals surface area contributed by atoms with Gasteiger partial charge in [-0.05, 0) is 24.3 Å². The van der Waals surface area contributed by atoms with Crippen molar-refractivity contribution in [3.05, 3.63) is 47.7 Å². The quantitative estimate of drug-likeness (QED) is 0.693. The van der Waals surface area contributed by atoms with Gasteiger partial charge in [-0.1, -0.05) is 12.1 Å². The van der Waals surface area contributed by atoms with E-state index in [1.165, 1.54) is 0 Å². The van der Waals surface area contributed by atoms with E-state index in [4.69, 9.17) is 14.3 Å². The minimum Gasteiger partial charge on any atom is -0.478 e. The van der Waals surface area contributed by atoms with Crippen LogP contribution < -0.4 is 5.32 Å². The van der Waals surface area contributed by atoms with Crippen LogP contribution in [0, 0.1) is 0 Å². The third-order valence-corrected chi connectivity index (χ3v) is 4.09. The lowest BCUT2D eigenvalue weighted by Crippen LogP contribution is -2.40. The van der Waals surface area contributed by atoms with Gasteiger partial charge in [-0.3, -0.25) is 4.90 Å². The molecule has 1 aromatic carbocycles. The number of hydrogen-bond donors (Lipinski definition) is 2. The number of carboxylic acid groups (broad SMARTS) is 1. The Morgan fingerprint density at radius 1 is 1.08 bits per heavy atom. The summed E-state index contributed by atoms with van der Waals surface area (Å²) >= 11 is 0. The highest BCUT2D eigenvalue weighted by molar-refractivity contribution is 5.88. The van der Waals surface area contributed by atoms with Crippen LogP contribution in [0.2, 0.25) is 0 Å². The van der Waals surface area contributed by atoms with Crippen LogP contribution in [0.3, 0.4) is 0 Å². The van der Waals surface area contributed by atoms with Crippen molar-refractivity contribution in [2.24, 2.45) is 0 Å². The number of furan rings is 1. The molecule has 8 heteroatoms. The summed E-state index contributed by atoms with van der Waals surface area (Å²) in [4.78, 5) is 13.3. The van der Waals surface area contributed by atoms with Gasteiger partial charge in [0.1, 0.15) is 11.5 Å². The van der Waals surface area contributed by atoms with E-state index in [0.29, 0.717) is 6.54 Å². The van der Waals surface area contributed by atoms with Gasteiger partial charge >= 0.3 is 5.97 Å². The molecule has 0 aliphatic carbocycles. The van der Waals surface area contributed by atoms with E-state index < -0.39 is 5.97 Å². The number of hydrogen-bond acceptors (Lipinski definition) is 5. The predicted molar refractivity (Wildman–Crippen MR) is 105 cm³/mol. The van der Waals surface area contributed by atoms with E-state index in [2.05, 4.69) is 10.2 Å². The van der Waals surface area contributed by atoms with Gasteiger partial charge in [-0.25, -0.2) is 4.79 Å². The third-order valence-electron chi connectivity index (χ3n) is 4.09. The first-order valence-corrected chi connectivity index (χ1v) is 8.15. The van der Waals surface area contributed by atoms with Gasteiger partial charge in [0.25, 0.3) is 0 Å². The van der Waals surface area contributed by atoms with Crippen LogP contribution in [-0.4, -0.2) is 55.4 Å². The molecule has 0 atom stereocenters. The second kappa shape index (κ2) is 11.2. The first-order valence-electron chi connectivity index (χ1n) is 8.15. The Kier molecular flexibility index (Phi) is 9.69. The standard InChI is InChI=1S/C18H22N2O4.2ClH/c21-18(22)15-3-1-14(2-4-15)17-6-5-16(24-17)13-19-7-8-20-9-11-23-12-10-20;;/h1-6,19H,7-13H2,(H,21,22);2*1H. The Labute approximate surface area is 165 Å². The maximum absolute atomic E-state index is 10.9. The predicted octanol–water partition coefficient (Wildman–Crippen LogP) is 2.91. The molecule has 1 saturated heterocycles. The van der Waals surface area contributed by atoms with Crippen LogP contribution in [0.15, 0.2) is 40.8 Å².